The molecule has 1 aromatic rings. The Morgan fingerprint density at radius 2 is 1.94 bits per heavy atom. The first kappa shape index (κ1) is 26.4. The first-order valence-electron chi connectivity index (χ1n) is 9.13. The van der Waals surface area contributed by atoms with Gasteiger partial charge in [0.2, 0.25) is 0 Å². The summed E-state index contributed by atoms with van der Waals surface area (Å²) in [6.07, 6.45) is 2.06. The Labute approximate surface area is 182 Å². The Balaban J connectivity index is 2.01. The number of esters is 1. The molecule has 0 fully saturated rings. The second kappa shape index (κ2) is 10.8. The van der Waals surface area contributed by atoms with Gasteiger partial charge in [0, 0.05) is 26.0 Å². The lowest BCUT2D eigenvalue weighted by molar-refractivity contribution is -0.142. The number of methoxy groups -OCH3 is 1. The lowest BCUT2D eigenvalue weighted by atomic mass is 10.3. The van der Waals surface area contributed by atoms with Crippen molar-refractivity contribution in [3.63, 3.8) is 0 Å². The lowest BCUT2D eigenvalue weighted by Crippen LogP contribution is -2.39. The van der Waals surface area contributed by atoms with Crippen LogP contribution < -0.4 is 16.3 Å². The van der Waals surface area contributed by atoms with Crippen molar-refractivity contribution < 1.29 is 41.9 Å². The largest absolute Gasteiger partial charge is 0.468 e. The SMILES string of the molecule is COC(=O)[C@H](CP(=O)(OC)OC)NP(=O)(O)OC[C@@H]1C=C[C@H](n2cc(C)c(=O)[nH]c2=O)O1. The van der Waals surface area contributed by atoms with Gasteiger partial charge in [0.1, 0.15) is 12.1 Å². The summed E-state index contributed by atoms with van der Waals surface area (Å²) in [6.45, 7) is 1.09. The van der Waals surface area contributed by atoms with Crippen molar-refractivity contribution >= 4 is 21.3 Å². The van der Waals surface area contributed by atoms with Crippen LogP contribution in [0.2, 0.25) is 0 Å². The number of hydrogen-bond acceptors (Lipinski definition) is 10. The van der Waals surface area contributed by atoms with Gasteiger partial charge in [-0.1, -0.05) is 6.08 Å². The van der Waals surface area contributed by atoms with Crippen molar-refractivity contribution in [1.29, 1.82) is 0 Å². The van der Waals surface area contributed by atoms with Gasteiger partial charge in [0.05, 0.1) is 19.9 Å². The molecule has 1 aromatic heterocycles. The molecular formula is C16H25N3O11P2. The quantitative estimate of drug-likeness (QED) is 0.212. The molecule has 4 atom stereocenters. The van der Waals surface area contributed by atoms with E-state index in [1.54, 1.807) is 0 Å². The van der Waals surface area contributed by atoms with Crippen molar-refractivity contribution in [2.24, 2.45) is 0 Å². The Hall–Kier alpha value is -1.89. The number of H-pyrrole nitrogens is 1. The van der Waals surface area contributed by atoms with Crippen LogP contribution in [0.4, 0.5) is 0 Å². The third-order valence-corrected chi connectivity index (χ3v) is 7.47. The summed E-state index contributed by atoms with van der Waals surface area (Å²) in [7, 11) is -5.09. The summed E-state index contributed by atoms with van der Waals surface area (Å²) >= 11 is 0. The zero-order valence-corrected chi connectivity index (χ0v) is 19.5. The van der Waals surface area contributed by atoms with Crippen LogP contribution in [0.1, 0.15) is 11.8 Å². The number of rotatable bonds is 11. The molecule has 0 amide bonds. The van der Waals surface area contributed by atoms with Crippen LogP contribution in [0.15, 0.2) is 27.9 Å². The number of carbonyl (C=O) groups excluding carboxylic acids is 1. The maximum atomic E-state index is 12.4. The number of nitrogens with zero attached hydrogens (tertiary/aromatic N) is 1. The van der Waals surface area contributed by atoms with E-state index in [1.807, 2.05) is 0 Å². The van der Waals surface area contributed by atoms with Crippen LogP contribution in [-0.2, 0) is 37.0 Å². The second-order valence-electron chi connectivity index (χ2n) is 6.61. The number of ether oxygens (including phenoxy) is 2. The summed E-state index contributed by atoms with van der Waals surface area (Å²) in [6, 6.07) is -1.53. The maximum absolute atomic E-state index is 12.4. The van der Waals surface area contributed by atoms with Gasteiger partial charge in [-0.2, -0.15) is 0 Å². The van der Waals surface area contributed by atoms with E-state index < -0.39 is 63.7 Å². The van der Waals surface area contributed by atoms with E-state index in [9.17, 15) is 28.4 Å². The summed E-state index contributed by atoms with van der Waals surface area (Å²) in [5.74, 6) is -0.984. The van der Waals surface area contributed by atoms with Crippen molar-refractivity contribution in [2.75, 3.05) is 34.1 Å². The van der Waals surface area contributed by atoms with E-state index in [-0.39, 0.29) is 0 Å². The van der Waals surface area contributed by atoms with Crippen molar-refractivity contribution in [3.8, 4) is 0 Å². The molecule has 0 aliphatic carbocycles. The summed E-state index contributed by atoms with van der Waals surface area (Å²) in [5, 5.41) is 2.07. The topological polar surface area (TPSA) is 184 Å². The molecular weight excluding hydrogens is 472 g/mol. The fourth-order valence-electron chi connectivity index (χ4n) is 2.68. The predicted molar refractivity (Wildman–Crippen MR) is 110 cm³/mol. The molecule has 0 saturated heterocycles. The highest BCUT2D eigenvalue weighted by atomic mass is 31.2. The number of nitrogens with one attached hydrogen (secondary N) is 2. The molecule has 3 N–H and O–H groups in total. The van der Waals surface area contributed by atoms with Gasteiger partial charge in [0.25, 0.3) is 5.56 Å². The predicted octanol–water partition coefficient (Wildman–Crippen LogP) is 0.0327. The number of aromatic nitrogens is 2. The number of aromatic amines is 1. The Kier molecular flexibility index (Phi) is 8.91. The van der Waals surface area contributed by atoms with Crippen LogP contribution in [0.25, 0.3) is 0 Å². The molecule has 2 rings (SSSR count). The number of carbonyl (C=O) groups is 1. The highest BCUT2D eigenvalue weighted by molar-refractivity contribution is 7.54. The maximum Gasteiger partial charge on any atom is 0.403 e. The van der Waals surface area contributed by atoms with Gasteiger partial charge in [-0.3, -0.25) is 28.2 Å². The molecule has 1 unspecified atom stereocenters. The summed E-state index contributed by atoms with van der Waals surface area (Å²) < 4.78 is 50.4. The van der Waals surface area contributed by atoms with Gasteiger partial charge >= 0.3 is 27.0 Å². The molecule has 32 heavy (non-hydrogen) atoms. The Morgan fingerprint density at radius 3 is 2.53 bits per heavy atom. The monoisotopic (exact) mass is 497 g/mol. The Bertz CT molecular complexity index is 1060. The van der Waals surface area contributed by atoms with Crippen molar-refractivity contribution in [2.45, 2.75) is 25.3 Å². The molecule has 2 heterocycles. The minimum Gasteiger partial charge on any atom is -0.468 e. The molecule has 16 heteroatoms. The van der Waals surface area contributed by atoms with E-state index in [4.69, 9.17) is 18.3 Å². The summed E-state index contributed by atoms with van der Waals surface area (Å²) in [4.78, 5) is 47.6. The lowest BCUT2D eigenvalue weighted by Gasteiger charge is -2.23. The molecule has 1 aliphatic rings. The van der Waals surface area contributed by atoms with Crippen LogP contribution in [0.5, 0.6) is 0 Å². The van der Waals surface area contributed by atoms with Gasteiger partial charge in [-0.15, -0.1) is 0 Å². The third kappa shape index (κ3) is 6.80. The first-order valence-corrected chi connectivity index (χ1v) is 12.4. The van der Waals surface area contributed by atoms with Gasteiger partial charge in [0.15, 0.2) is 6.23 Å². The molecule has 180 valence electrons. The third-order valence-electron chi connectivity index (χ3n) is 4.41. The molecule has 0 bridgehead atoms. The summed E-state index contributed by atoms with van der Waals surface area (Å²) in [5.41, 5.74) is -0.913. The van der Waals surface area contributed by atoms with E-state index in [0.29, 0.717) is 5.56 Å². The van der Waals surface area contributed by atoms with Crippen molar-refractivity contribution in [3.05, 3.63) is 44.8 Å². The first-order chi connectivity index (χ1) is 14.9. The minimum atomic E-state index is -4.60. The molecule has 0 saturated carbocycles. The second-order valence-corrected chi connectivity index (χ2v) is 10.5. The number of hydrogen-bond donors (Lipinski definition) is 3. The highest BCUT2D eigenvalue weighted by Crippen LogP contribution is 2.48. The van der Waals surface area contributed by atoms with Crippen LogP contribution in [-0.4, -0.2) is 66.7 Å². The Morgan fingerprint density at radius 1 is 1.28 bits per heavy atom. The smallest absolute Gasteiger partial charge is 0.403 e. The van der Waals surface area contributed by atoms with Gasteiger partial charge in [-0.05, 0) is 13.0 Å². The molecule has 0 radical (unpaired) electrons. The molecule has 14 nitrogen and oxygen atoms in total. The van der Waals surface area contributed by atoms with Gasteiger partial charge in [-0.25, -0.2) is 14.4 Å². The van der Waals surface area contributed by atoms with E-state index in [1.165, 1.54) is 25.3 Å². The highest BCUT2D eigenvalue weighted by Gasteiger charge is 2.37. The van der Waals surface area contributed by atoms with Crippen LogP contribution in [0.3, 0.4) is 0 Å². The van der Waals surface area contributed by atoms with Crippen molar-refractivity contribution in [1.82, 2.24) is 14.6 Å². The van der Waals surface area contributed by atoms with E-state index in [2.05, 4.69) is 14.8 Å². The molecule has 0 aromatic carbocycles. The zero-order valence-electron chi connectivity index (χ0n) is 17.7. The molecule has 0 spiro atoms. The average Bonchev–Trinajstić information content (AvgIpc) is 3.22. The average molecular weight is 497 g/mol. The fourth-order valence-corrected chi connectivity index (χ4v) is 4.98. The molecule has 1 aliphatic heterocycles. The normalized spacial score (nSPS) is 21.3. The number of aryl methyl sites for hydroxylation is 1. The zero-order chi connectivity index (χ0) is 24.1. The van der Waals surface area contributed by atoms with E-state index >= 15 is 0 Å². The minimum absolute atomic E-state index is 0.295. The fraction of sp³-hybridized carbons (Fsp3) is 0.562. The standard InChI is InChI=1S/C16H25N3O11P2/c1-10-7-19(16(22)17-14(10)20)13-6-5-11(30-13)8-29-32(24,25)18-12(15(21)26-2)9-31(23,27-3)28-4/h5-7,11-13H,8-9H2,1-4H3,(H,17,20,22)(H2,18,24,25)/t11-,12-,13+/m0/s1. The van der Waals surface area contributed by atoms with E-state index in [0.717, 1.165) is 25.9 Å². The van der Waals surface area contributed by atoms with Crippen LogP contribution in [0, 0.1) is 6.92 Å². The van der Waals surface area contributed by atoms with Gasteiger partial charge < -0.3 is 23.4 Å². The van der Waals surface area contributed by atoms with Crippen LogP contribution >= 0.6 is 15.3 Å².